The zero-order valence-electron chi connectivity index (χ0n) is 20.8. The summed E-state index contributed by atoms with van der Waals surface area (Å²) in [6, 6.07) is 6.98. The van der Waals surface area contributed by atoms with Crippen molar-refractivity contribution in [1.29, 1.82) is 0 Å². The number of hydrogen-bond donors (Lipinski definition) is 1. The lowest BCUT2D eigenvalue weighted by molar-refractivity contribution is -0.156. The van der Waals surface area contributed by atoms with Crippen LogP contribution < -0.4 is 5.32 Å². The molecule has 5 rings (SSSR count). The van der Waals surface area contributed by atoms with Crippen LogP contribution in [0.3, 0.4) is 0 Å². The van der Waals surface area contributed by atoms with Gasteiger partial charge in [-0.05, 0) is 32.8 Å². The molecule has 0 bridgehead atoms. The molecule has 2 aromatic heterocycles. The number of anilines is 1. The number of nitrogens with one attached hydrogen (secondary N) is 1. The van der Waals surface area contributed by atoms with Crippen molar-refractivity contribution in [1.82, 2.24) is 24.6 Å². The van der Waals surface area contributed by atoms with Crippen molar-refractivity contribution >= 4 is 28.7 Å². The minimum absolute atomic E-state index is 0.00482. The maximum Gasteiger partial charge on any atom is 0.410 e. The number of carbonyl (C=O) groups is 2. The van der Waals surface area contributed by atoms with Crippen LogP contribution in [0.2, 0.25) is 0 Å². The number of hydrogen-bond acceptors (Lipinski definition) is 6. The lowest BCUT2D eigenvalue weighted by Gasteiger charge is -2.27. The largest absolute Gasteiger partial charge is 0.444 e. The van der Waals surface area contributed by atoms with Crippen LogP contribution in [0.5, 0.6) is 0 Å². The molecule has 2 aliphatic heterocycles. The van der Waals surface area contributed by atoms with Gasteiger partial charge < -0.3 is 15.0 Å². The minimum Gasteiger partial charge on any atom is -0.444 e. The molecule has 2 aliphatic rings. The van der Waals surface area contributed by atoms with E-state index in [0.717, 1.165) is 6.33 Å². The van der Waals surface area contributed by atoms with Crippen LogP contribution >= 0.6 is 0 Å². The number of rotatable bonds is 2. The third-order valence-electron chi connectivity index (χ3n) is 6.65. The molecule has 0 saturated carbocycles. The van der Waals surface area contributed by atoms with E-state index < -0.39 is 36.1 Å². The normalized spacial score (nSPS) is 22.2. The first-order chi connectivity index (χ1) is 17.3. The van der Waals surface area contributed by atoms with Gasteiger partial charge in [-0.2, -0.15) is 18.3 Å². The number of carbonyl (C=O) groups excluding carboxylic acids is 2. The number of fused-ring (bicyclic) bond motifs is 2. The molecule has 196 valence electrons. The zero-order chi connectivity index (χ0) is 26.7. The summed E-state index contributed by atoms with van der Waals surface area (Å²) >= 11 is 0. The fourth-order valence-electron chi connectivity index (χ4n) is 5.02. The molecule has 1 N–H and O–H groups in total. The average molecular weight is 517 g/mol. The molecule has 2 amide bonds. The Morgan fingerprint density at radius 1 is 1.11 bits per heavy atom. The van der Waals surface area contributed by atoms with Crippen LogP contribution in [0.1, 0.15) is 51.6 Å². The predicted octanol–water partition coefficient (Wildman–Crippen LogP) is 4.91. The number of benzene rings is 1. The molecule has 3 atom stereocenters. The number of ether oxygens (including phenoxy) is 1. The quantitative estimate of drug-likeness (QED) is 0.519. The Morgan fingerprint density at radius 2 is 1.84 bits per heavy atom. The molecule has 0 radical (unpaired) electrons. The maximum atomic E-state index is 14.0. The summed E-state index contributed by atoms with van der Waals surface area (Å²) in [4.78, 5) is 34.5. The first kappa shape index (κ1) is 25.0. The van der Waals surface area contributed by atoms with Crippen molar-refractivity contribution in [3.05, 3.63) is 36.2 Å². The Bertz CT molecular complexity index is 1380. The number of nitrogens with zero attached hydrogens (tertiary/aromatic N) is 5. The number of alkyl halides is 3. The van der Waals surface area contributed by atoms with Gasteiger partial charge in [-0.1, -0.05) is 25.1 Å². The van der Waals surface area contributed by atoms with E-state index in [2.05, 4.69) is 15.3 Å². The van der Waals surface area contributed by atoms with Gasteiger partial charge in [-0.3, -0.25) is 9.48 Å². The standard InChI is InChI=1S/C25H27F3N6O3/c1-13-10-33(23(36)37-24(2,3)4)11-17(13)34-16-8-6-5-7-14(16)20(32-34)21-19-15(25(26,27)28)9-18(35)31-22(19)30-12-29-21/h5-8,12-13,15,17H,9-11H2,1-4H3,(H,29,30,31,35)/t13-,15-,17-/m1/s1. The molecular formula is C25H27F3N6O3. The molecule has 0 spiro atoms. The molecule has 1 fully saturated rings. The van der Waals surface area contributed by atoms with Gasteiger partial charge in [0.25, 0.3) is 0 Å². The highest BCUT2D eigenvalue weighted by Gasteiger charge is 2.48. The monoisotopic (exact) mass is 516 g/mol. The van der Waals surface area contributed by atoms with Crippen LogP contribution in [-0.2, 0) is 9.53 Å². The van der Waals surface area contributed by atoms with Gasteiger partial charge in [-0.25, -0.2) is 14.8 Å². The smallest absolute Gasteiger partial charge is 0.410 e. The van der Waals surface area contributed by atoms with Crippen LogP contribution in [0, 0.1) is 5.92 Å². The van der Waals surface area contributed by atoms with Crippen molar-refractivity contribution in [3.8, 4) is 11.4 Å². The third-order valence-corrected chi connectivity index (χ3v) is 6.65. The number of aromatic nitrogens is 4. The SMILES string of the molecule is C[C@@H]1CN(C(=O)OC(C)(C)C)C[C@H]1n1nc(-c2ncnc3c2[C@H](C(F)(F)F)CC(=O)N3)c2ccccc21. The van der Waals surface area contributed by atoms with E-state index in [0.29, 0.717) is 24.0 Å². The van der Waals surface area contributed by atoms with Gasteiger partial charge in [0, 0.05) is 30.5 Å². The van der Waals surface area contributed by atoms with Gasteiger partial charge in [0.1, 0.15) is 29.1 Å². The van der Waals surface area contributed by atoms with E-state index in [9.17, 15) is 22.8 Å². The Morgan fingerprint density at radius 3 is 2.54 bits per heavy atom. The Hall–Kier alpha value is -3.70. The van der Waals surface area contributed by atoms with E-state index in [1.54, 1.807) is 42.5 Å². The number of likely N-dealkylation sites (tertiary alicyclic amines) is 1. The van der Waals surface area contributed by atoms with Gasteiger partial charge in [0.15, 0.2) is 0 Å². The van der Waals surface area contributed by atoms with Gasteiger partial charge in [0.2, 0.25) is 5.91 Å². The molecule has 1 saturated heterocycles. The Balaban J connectivity index is 1.60. The minimum atomic E-state index is -4.67. The molecule has 1 aromatic carbocycles. The number of para-hydroxylation sites is 1. The topological polar surface area (TPSA) is 102 Å². The lowest BCUT2D eigenvalue weighted by atomic mass is 9.89. The van der Waals surface area contributed by atoms with E-state index in [1.807, 2.05) is 19.1 Å². The summed E-state index contributed by atoms with van der Waals surface area (Å²) in [7, 11) is 0. The number of amides is 2. The molecule has 0 aliphatic carbocycles. The Kier molecular flexibility index (Phi) is 5.87. The fourth-order valence-corrected chi connectivity index (χ4v) is 5.02. The summed E-state index contributed by atoms with van der Waals surface area (Å²) < 4.78 is 49.4. The van der Waals surface area contributed by atoms with Gasteiger partial charge >= 0.3 is 12.3 Å². The average Bonchev–Trinajstić information content (AvgIpc) is 3.37. The summed E-state index contributed by atoms with van der Waals surface area (Å²) in [5, 5.41) is 7.83. The molecule has 9 nitrogen and oxygen atoms in total. The summed E-state index contributed by atoms with van der Waals surface area (Å²) in [5.74, 6) is -2.96. The Labute approximate surface area is 211 Å². The first-order valence-electron chi connectivity index (χ1n) is 12.0. The fraction of sp³-hybridized carbons (Fsp3) is 0.480. The second kappa shape index (κ2) is 8.70. The van der Waals surface area contributed by atoms with Crippen molar-refractivity contribution < 1.29 is 27.5 Å². The van der Waals surface area contributed by atoms with Crippen LogP contribution in [-0.4, -0.2) is 61.5 Å². The van der Waals surface area contributed by atoms with Crippen molar-refractivity contribution in [2.24, 2.45) is 5.92 Å². The van der Waals surface area contributed by atoms with E-state index in [4.69, 9.17) is 9.84 Å². The van der Waals surface area contributed by atoms with E-state index >= 15 is 0 Å². The van der Waals surface area contributed by atoms with Gasteiger partial charge in [-0.15, -0.1) is 0 Å². The third kappa shape index (κ3) is 4.60. The highest BCUT2D eigenvalue weighted by molar-refractivity contribution is 5.98. The molecule has 12 heteroatoms. The van der Waals surface area contributed by atoms with Gasteiger partial charge in [0.05, 0.1) is 17.5 Å². The van der Waals surface area contributed by atoms with Crippen molar-refractivity contribution in [2.45, 2.75) is 57.9 Å². The first-order valence-corrected chi connectivity index (χ1v) is 12.0. The van der Waals surface area contributed by atoms with Crippen LogP contribution in [0.25, 0.3) is 22.3 Å². The second-order valence-electron chi connectivity index (χ2n) is 10.6. The lowest BCUT2D eigenvalue weighted by Crippen LogP contribution is -2.35. The van der Waals surface area contributed by atoms with Crippen molar-refractivity contribution in [2.75, 3.05) is 18.4 Å². The van der Waals surface area contributed by atoms with Crippen molar-refractivity contribution in [3.63, 3.8) is 0 Å². The predicted molar refractivity (Wildman–Crippen MR) is 129 cm³/mol. The summed E-state index contributed by atoms with van der Waals surface area (Å²) in [5.41, 5.74) is 0.163. The highest BCUT2D eigenvalue weighted by Crippen LogP contribution is 2.47. The molecule has 37 heavy (non-hydrogen) atoms. The van der Waals surface area contributed by atoms with E-state index in [1.165, 1.54) is 0 Å². The molecule has 0 unspecified atom stereocenters. The zero-order valence-corrected chi connectivity index (χ0v) is 20.8. The van der Waals surface area contributed by atoms with Crippen LogP contribution in [0.4, 0.5) is 23.8 Å². The van der Waals surface area contributed by atoms with E-state index in [-0.39, 0.29) is 34.7 Å². The molecule has 4 heterocycles. The molecule has 3 aromatic rings. The highest BCUT2D eigenvalue weighted by atomic mass is 19.4. The number of halogens is 3. The summed E-state index contributed by atoms with van der Waals surface area (Å²) in [6.45, 7) is 8.18. The maximum absolute atomic E-state index is 14.0. The summed E-state index contributed by atoms with van der Waals surface area (Å²) in [6.07, 6.45) is -4.71. The molecular weight excluding hydrogens is 489 g/mol. The van der Waals surface area contributed by atoms with Crippen LogP contribution in [0.15, 0.2) is 30.6 Å². The second-order valence-corrected chi connectivity index (χ2v) is 10.6.